The van der Waals surface area contributed by atoms with Gasteiger partial charge in [-0.05, 0) is 49.4 Å². The number of amides is 2. The predicted molar refractivity (Wildman–Crippen MR) is 145 cm³/mol. The lowest BCUT2D eigenvalue weighted by Gasteiger charge is -2.33. The number of fused-ring (bicyclic) bond motifs is 1. The monoisotopic (exact) mass is 529 g/mol. The van der Waals surface area contributed by atoms with E-state index < -0.39 is 28.5 Å². The van der Waals surface area contributed by atoms with Crippen molar-refractivity contribution in [2.45, 2.75) is 45.8 Å². The van der Waals surface area contributed by atoms with Crippen LogP contribution < -0.4 is 9.62 Å². The maximum Gasteiger partial charge on any atom is 0.244 e. The van der Waals surface area contributed by atoms with Gasteiger partial charge in [0.25, 0.3) is 0 Å². The Balaban J connectivity index is 2.02. The molecule has 36 heavy (non-hydrogen) atoms. The van der Waals surface area contributed by atoms with Crippen molar-refractivity contribution in [3.63, 3.8) is 0 Å². The molecule has 7 nitrogen and oxygen atoms in total. The minimum absolute atomic E-state index is 0.109. The van der Waals surface area contributed by atoms with Crippen molar-refractivity contribution in [3.8, 4) is 0 Å². The van der Waals surface area contributed by atoms with Gasteiger partial charge in [-0.1, -0.05) is 67.1 Å². The molecule has 0 bridgehead atoms. The highest BCUT2D eigenvalue weighted by molar-refractivity contribution is 7.92. The lowest BCUT2D eigenvalue weighted by molar-refractivity contribution is -0.140. The van der Waals surface area contributed by atoms with Crippen LogP contribution in [0, 0.1) is 0 Å². The maximum atomic E-state index is 13.8. The molecule has 2 amide bonds. The summed E-state index contributed by atoms with van der Waals surface area (Å²) in [5.74, 6) is -0.764. The maximum absolute atomic E-state index is 13.8. The Morgan fingerprint density at radius 1 is 0.972 bits per heavy atom. The van der Waals surface area contributed by atoms with Gasteiger partial charge in [0.05, 0.1) is 11.9 Å². The average molecular weight is 530 g/mol. The summed E-state index contributed by atoms with van der Waals surface area (Å²) in [6.45, 7) is 5.22. The number of carbonyl (C=O) groups excluding carboxylic acids is 2. The molecule has 0 aliphatic rings. The number of rotatable bonds is 10. The van der Waals surface area contributed by atoms with E-state index in [0.717, 1.165) is 21.5 Å². The van der Waals surface area contributed by atoms with E-state index in [1.807, 2.05) is 51.1 Å². The van der Waals surface area contributed by atoms with E-state index in [0.29, 0.717) is 22.5 Å². The Labute approximate surface area is 218 Å². The summed E-state index contributed by atoms with van der Waals surface area (Å²) in [6.07, 6.45) is 1.44. The minimum atomic E-state index is -3.82. The van der Waals surface area contributed by atoms with Gasteiger partial charge in [0.1, 0.15) is 12.6 Å². The van der Waals surface area contributed by atoms with Crippen molar-refractivity contribution >= 4 is 49.9 Å². The third-order valence-corrected chi connectivity index (χ3v) is 7.18. The first kappa shape index (κ1) is 27.5. The first-order valence-corrected chi connectivity index (χ1v) is 14.0. The third-order valence-electron chi connectivity index (χ3n) is 5.80. The molecule has 3 rings (SSSR count). The molecule has 0 fully saturated rings. The number of nitrogens with one attached hydrogen (secondary N) is 1. The van der Waals surface area contributed by atoms with Crippen LogP contribution in [0.4, 0.5) is 5.69 Å². The van der Waals surface area contributed by atoms with Crippen molar-refractivity contribution in [1.29, 1.82) is 0 Å². The second kappa shape index (κ2) is 11.8. The molecule has 3 aromatic carbocycles. The summed E-state index contributed by atoms with van der Waals surface area (Å²) in [7, 11) is -3.82. The number of sulfonamides is 1. The Morgan fingerprint density at radius 2 is 1.61 bits per heavy atom. The van der Waals surface area contributed by atoms with Gasteiger partial charge in [0.2, 0.25) is 21.8 Å². The molecule has 0 spiro atoms. The van der Waals surface area contributed by atoms with E-state index in [1.165, 1.54) is 4.90 Å². The molecule has 0 saturated carbocycles. The zero-order chi connectivity index (χ0) is 26.5. The summed E-state index contributed by atoms with van der Waals surface area (Å²) in [5, 5.41) is 5.01. The van der Waals surface area contributed by atoms with E-state index in [4.69, 9.17) is 11.6 Å². The molecule has 0 aromatic heterocycles. The van der Waals surface area contributed by atoms with Crippen LogP contribution in [-0.2, 0) is 26.2 Å². The zero-order valence-corrected chi connectivity index (χ0v) is 22.5. The SMILES string of the molecule is CCC(C(=O)NC(C)C)N(Cc1ccc(Cl)cc1)C(=O)CN(c1cccc2ccccc12)S(C)(=O)=O. The highest BCUT2D eigenvalue weighted by Crippen LogP contribution is 2.29. The van der Waals surface area contributed by atoms with Crippen LogP contribution in [0.25, 0.3) is 10.8 Å². The van der Waals surface area contributed by atoms with Crippen molar-refractivity contribution in [2.75, 3.05) is 17.1 Å². The van der Waals surface area contributed by atoms with Crippen LogP contribution in [0.2, 0.25) is 5.02 Å². The van der Waals surface area contributed by atoms with Gasteiger partial charge in [0.15, 0.2) is 0 Å². The fourth-order valence-electron chi connectivity index (χ4n) is 4.11. The minimum Gasteiger partial charge on any atom is -0.352 e. The van der Waals surface area contributed by atoms with Gasteiger partial charge in [0, 0.05) is 23.0 Å². The Morgan fingerprint density at radius 3 is 2.22 bits per heavy atom. The highest BCUT2D eigenvalue weighted by Gasteiger charge is 2.32. The molecule has 0 heterocycles. The van der Waals surface area contributed by atoms with Gasteiger partial charge in [-0.15, -0.1) is 0 Å². The summed E-state index contributed by atoms with van der Waals surface area (Å²) in [5.41, 5.74) is 1.19. The largest absolute Gasteiger partial charge is 0.352 e. The smallest absolute Gasteiger partial charge is 0.244 e. The lowest BCUT2D eigenvalue weighted by atomic mass is 10.1. The topological polar surface area (TPSA) is 86.8 Å². The average Bonchev–Trinajstić information content (AvgIpc) is 2.82. The van der Waals surface area contributed by atoms with Gasteiger partial charge >= 0.3 is 0 Å². The van der Waals surface area contributed by atoms with E-state index >= 15 is 0 Å². The van der Waals surface area contributed by atoms with E-state index in [2.05, 4.69) is 5.32 Å². The number of halogens is 1. The van der Waals surface area contributed by atoms with E-state index in [1.54, 1.807) is 36.4 Å². The molecule has 0 radical (unpaired) electrons. The van der Waals surface area contributed by atoms with Crippen molar-refractivity contribution in [2.24, 2.45) is 0 Å². The van der Waals surface area contributed by atoms with Crippen molar-refractivity contribution in [1.82, 2.24) is 10.2 Å². The first-order chi connectivity index (χ1) is 17.0. The number of hydrogen-bond donors (Lipinski definition) is 1. The molecule has 3 aromatic rings. The first-order valence-electron chi connectivity index (χ1n) is 11.8. The Kier molecular flexibility index (Phi) is 8.98. The molecule has 9 heteroatoms. The van der Waals surface area contributed by atoms with Crippen molar-refractivity contribution < 1.29 is 18.0 Å². The molecule has 192 valence electrons. The second-order valence-electron chi connectivity index (χ2n) is 9.00. The fraction of sp³-hybridized carbons (Fsp3) is 0.333. The quantitative estimate of drug-likeness (QED) is 0.416. The van der Waals surface area contributed by atoms with Crippen LogP contribution in [-0.4, -0.2) is 50.0 Å². The molecule has 1 unspecified atom stereocenters. The Bertz CT molecular complexity index is 1320. The van der Waals surface area contributed by atoms with Crippen LogP contribution in [0.15, 0.2) is 66.7 Å². The number of hydrogen-bond acceptors (Lipinski definition) is 4. The number of anilines is 1. The normalized spacial score (nSPS) is 12.4. The molecule has 0 aliphatic carbocycles. The predicted octanol–water partition coefficient (Wildman–Crippen LogP) is 4.59. The molecule has 1 N–H and O–H groups in total. The van der Waals surface area contributed by atoms with Crippen LogP contribution in [0.1, 0.15) is 32.8 Å². The zero-order valence-electron chi connectivity index (χ0n) is 20.9. The summed E-state index contributed by atoms with van der Waals surface area (Å²) in [6, 6.07) is 18.9. The number of carbonyl (C=O) groups is 2. The van der Waals surface area contributed by atoms with Gasteiger partial charge in [-0.2, -0.15) is 0 Å². The fourth-order valence-corrected chi connectivity index (χ4v) is 5.09. The summed E-state index contributed by atoms with van der Waals surface area (Å²) in [4.78, 5) is 28.3. The molecule has 0 aliphatic heterocycles. The van der Waals surface area contributed by atoms with Crippen LogP contribution >= 0.6 is 11.6 Å². The third kappa shape index (κ3) is 6.77. The van der Waals surface area contributed by atoms with Gasteiger partial charge < -0.3 is 10.2 Å². The number of nitrogens with zero attached hydrogens (tertiary/aromatic N) is 2. The number of benzene rings is 3. The summed E-state index contributed by atoms with van der Waals surface area (Å²) >= 11 is 6.02. The van der Waals surface area contributed by atoms with E-state index in [-0.39, 0.29) is 18.5 Å². The highest BCUT2D eigenvalue weighted by atomic mass is 35.5. The molecule has 0 saturated heterocycles. The van der Waals surface area contributed by atoms with Gasteiger partial charge in [-0.3, -0.25) is 13.9 Å². The van der Waals surface area contributed by atoms with Crippen LogP contribution in [0.3, 0.4) is 0 Å². The second-order valence-corrected chi connectivity index (χ2v) is 11.3. The molecular weight excluding hydrogens is 498 g/mol. The van der Waals surface area contributed by atoms with Crippen molar-refractivity contribution in [3.05, 3.63) is 77.3 Å². The van der Waals surface area contributed by atoms with Crippen LogP contribution in [0.5, 0.6) is 0 Å². The van der Waals surface area contributed by atoms with Gasteiger partial charge in [-0.25, -0.2) is 8.42 Å². The molecular formula is C27H32ClN3O4S. The van der Waals surface area contributed by atoms with E-state index in [9.17, 15) is 18.0 Å². The molecule has 1 atom stereocenters. The Hall–Kier alpha value is -3.10. The summed E-state index contributed by atoms with van der Waals surface area (Å²) < 4.78 is 26.9. The standard InChI is InChI=1S/C27H32ClN3O4S/c1-5-24(27(33)29-19(2)3)30(17-20-13-15-22(28)16-14-20)26(32)18-31(36(4,34)35)25-12-8-10-21-9-6-7-11-23(21)25/h6-16,19,24H,5,17-18H2,1-4H3,(H,29,33). The lowest BCUT2D eigenvalue weighted by Crippen LogP contribution is -2.53.